The molecule has 4 rings (SSSR count). The maximum atomic E-state index is 6.03. The molecule has 0 amide bonds. The van der Waals surface area contributed by atoms with Crippen LogP contribution >= 0.6 is 11.3 Å². The number of morpholine rings is 1. The van der Waals surface area contributed by atoms with Gasteiger partial charge in [-0.15, -0.1) is 11.3 Å². The predicted molar refractivity (Wildman–Crippen MR) is 116 cm³/mol. The summed E-state index contributed by atoms with van der Waals surface area (Å²) in [5.41, 5.74) is 3.06. The molecule has 1 aromatic carbocycles. The van der Waals surface area contributed by atoms with Crippen molar-refractivity contribution < 1.29 is 14.2 Å². The van der Waals surface area contributed by atoms with Gasteiger partial charge in [0, 0.05) is 36.5 Å². The van der Waals surface area contributed by atoms with Crippen LogP contribution < -0.4 is 14.8 Å². The first kappa shape index (κ1) is 19.9. The summed E-state index contributed by atoms with van der Waals surface area (Å²) >= 11 is 1.66. The zero-order valence-electron chi connectivity index (χ0n) is 16.8. The summed E-state index contributed by atoms with van der Waals surface area (Å²) in [5.74, 6) is 2.15. The molecule has 1 N–H and O–H groups in total. The van der Waals surface area contributed by atoms with E-state index >= 15 is 0 Å². The summed E-state index contributed by atoms with van der Waals surface area (Å²) in [4.78, 5) is 11.3. The van der Waals surface area contributed by atoms with Gasteiger partial charge in [-0.25, -0.2) is 9.97 Å². The number of thiophene rings is 1. The Hall–Kier alpha value is -2.42. The summed E-state index contributed by atoms with van der Waals surface area (Å²) < 4.78 is 17.0. The highest BCUT2D eigenvalue weighted by Gasteiger charge is 2.14. The molecule has 0 unspecified atom stereocenters. The number of nitrogens with one attached hydrogen (secondary N) is 1. The van der Waals surface area contributed by atoms with Crippen molar-refractivity contribution in [3.05, 3.63) is 34.8 Å². The fourth-order valence-electron chi connectivity index (χ4n) is 3.35. The van der Waals surface area contributed by atoms with E-state index in [4.69, 9.17) is 14.2 Å². The predicted octanol–water partition coefficient (Wildman–Crippen LogP) is 3.85. The molecule has 0 radical (unpaired) electrons. The molecular weight excluding hydrogens is 388 g/mol. The molecule has 3 heterocycles. The first-order valence-electron chi connectivity index (χ1n) is 9.80. The third-order valence-corrected chi connectivity index (χ3v) is 5.87. The van der Waals surface area contributed by atoms with E-state index in [1.165, 1.54) is 5.56 Å². The van der Waals surface area contributed by atoms with Crippen LogP contribution in [-0.2, 0) is 4.74 Å². The minimum absolute atomic E-state index is 0.628. The number of hydrogen-bond acceptors (Lipinski definition) is 8. The Morgan fingerprint density at radius 2 is 2.03 bits per heavy atom. The molecule has 1 saturated heterocycles. The number of aryl methyl sites for hydroxylation is 1. The van der Waals surface area contributed by atoms with Gasteiger partial charge in [0.2, 0.25) is 0 Å². The van der Waals surface area contributed by atoms with Crippen LogP contribution in [0.3, 0.4) is 0 Å². The Labute approximate surface area is 174 Å². The van der Waals surface area contributed by atoms with E-state index in [2.05, 4.69) is 37.9 Å². The lowest BCUT2D eigenvalue weighted by molar-refractivity contribution is 0.0357. The van der Waals surface area contributed by atoms with Crippen molar-refractivity contribution in [1.29, 1.82) is 0 Å². The number of anilines is 2. The highest BCUT2D eigenvalue weighted by atomic mass is 32.1. The van der Waals surface area contributed by atoms with Gasteiger partial charge < -0.3 is 19.5 Å². The molecular formula is C21H26N4O3S. The number of ether oxygens (including phenoxy) is 3. The zero-order valence-corrected chi connectivity index (χ0v) is 17.6. The molecule has 1 fully saturated rings. The molecule has 1 aliphatic rings. The van der Waals surface area contributed by atoms with Crippen LogP contribution in [0.25, 0.3) is 10.9 Å². The van der Waals surface area contributed by atoms with Crippen molar-refractivity contribution in [2.75, 3.05) is 51.9 Å². The summed E-state index contributed by atoms with van der Waals surface area (Å²) in [5, 5.41) is 8.48. The summed E-state index contributed by atoms with van der Waals surface area (Å²) in [6.07, 6.45) is 2.52. The van der Waals surface area contributed by atoms with Crippen molar-refractivity contribution in [1.82, 2.24) is 14.9 Å². The van der Waals surface area contributed by atoms with Gasteiger partial charge in [-0.2, -0.15) is 0 Å². The lowest BCUT2D eigenvalue weighted by Crippen LogP contribution is -2.37. The number of hydrogen-bond donors (Lipinski definition) is 1. The quantitative estimate of drug-likeness (QED) is 0.562. The zero-order chi connectivity index (χ0) is 20.1. The van der Waals surface area contributed by atoms with Crippen molar-refractivity contribution in [3.63, 3.8) is 0 Å². The minimum Gasteiger partial charge on any atom is -0.493 e. The number of aromatic nitrogens is 2. The standard InChI is InChI=1S/C21H26N4O3S/c1-15-12-29-13-18(15)24-21-16-10-19(26-2)20(11-17(16)22-14-23-21)28-7-3-4-25-5-8-27-9-6-25/h10-14H,3-9H2,1-2H3,(H,22,23,24). The van der Waals surface area contributed by atoms with Crippen molar-refractivity contribution in [2.24, 2.45) is 0 Å². The van der Waals surface area contributed by atoms with Gasteiger partial charge in [0.15, 0.2) is 11.5 Å². The van der Waals surface area contributed by atoms with Crippen LogP contribution in [0.2, 0.25) is 0 Å². The number of methoxy groups -OCH3 is 1. The van der Waals surface area contributed by atoms with E-state index < -0.39 is 0 Å². The maximum absolute atomic E-state index is 6.03. The lowest BCUT2D eigenvalue weighted by Gasteiger charge is -2.26. The largest absolute Gasteiger partial charge is 0.493 e. The molecule has 7 nitrogen and oxygen atoms in total. The molecule has 0 saturated carbocycles. The Morgan fingerprint density at radius 3 is 2.79 bits per heavy atom. The normalized spacial score (nSPS) is 14.8. The highest BCUT2D eigenvalue weighted by Crippen LogP contribution is 2.35. The van der Waals surface area contributed by atoms with Gasteiger partial charge in [-0.05, 0) is 30.4 Å². The van der Waals surface area contributed by atoms with Crippen LogP contribution in [-0.4, -0.2) is 61.4 Å². The van der Waals surface area contributed by atoms with E-state index in [1.807, 2.05) is 12.1 Å². The van der Waals surface area contributed by atoms with Crippen molar-refractivity contribution in [3.8, 4) is 11.5 Å². The lowest BCUT2D eigenvalue weighted by atomic mass is 10.2. The second kappa shape index (κ2) is 9.39. The fourth-order valence-corrected chi connectivity index (χ4v) is 4.13. The second-order valence-electron chi connectivity index (χ2n) is 6.99. The Kier molecular flexibility index (Phi) is 6.43. The van der Waals surface area contributed by atoms with Crippen LogP contribution in [0.15, 0.2) is 29.2 Å². The van der Waals surface area contributed by atoms with Gasteiger partial charge in [0.25, 0.3) is 0 Å². The maximum Gasteiger partial charge on any atom is 0.163 e. The summed E-state index contributed by atoms with van der Waals surface area (Å²) in [7, 11) is 1.65. The molecule has 0 spiro atoms. The fraction of sp³-hybridized carbons (Fsp3) is 0.429. The topological polar surface area (TPSA) is 68.7 Å². The van der Waals surface area contributed by atoms with Gasteiger partial charge in [-0.1, -0.05) is 0 Å². The molecule has 8 heteroatoms. The summed E-state index contributed by atoms with van der Waals surface area (Å²) in [6.45, 7) is 7.34. The molecule has 0 aliphatic carbocycles. The van der Waals surface area contributed by atoms with E-state index in [0.717, 1.165) is 61.7 Å². The Bertz CT molecular complexity index is 956. The van der Waals surface area contributed by atoms with E-state index in [9.17, 15) is 0 Å². The highest BCUT2D eigenvalue weighted by molar-refractivity contribution is 7.08. The molecule has 1 aliphatic heterocycles. The molecule has 2 aromatic heterocycles. The molecule has 3 aromatic rings. The third-order valence-electron chi connectivity index (χ3n) is 5.01. The Morgan fingerprint density at radius 1 is 1.17 bits per heavy atom. The third kappa shape index (κ3) is 4.77. The average Bonchev–Trinajstić information content (AvgIpc) is 3.16. The SMILES string of the molecule is COc1cc2c(Nc3cscc3C)ncnc2cc1OCCCN1CCOCC1. The van der Waals surface area contributed by atoms with E-state index in [0.29, 0.717) is 18.1 Å². The van der Waals surface area contributed by atoms with Crippen LogP contribution in [0.5, 0.6) is 11.5 Å². The van der Waals surface area contributed by atoms with Crippen LogP contribution in [0.4, 0.5) is 11.5 Å². The number of benzene rings is 1. The van der Waals surface area contributed by atoms with Crippen LogP contribution in [0.1, 0.15) is 12.0 Å². The first-order valence-corrected chi connectivity index (χ1v) is 10.7. The molecule has 0 bridgehead atoms. The number of fused-ring (bicyclic) bond motifs is 1. The summed E-state index contributed by atoms with van der Waals surface area (Å²) in [6, 6.07) is 3.87. The Balaban J connectivity index is 1.47. The van der Waals surface area contributed by atoms with Crippen molar-refractivity contribution in [2.45, 2.75) is 13.3 Å². The second-order valence-corrected chi connectivity index (χ2v) is 7.74. The van der Waals surface area contributed by atoms with E-state index in [-0.39, 0.29) is 0 Å². The van der Waals surface area contributed by atoms with Crippen molar-refractivity contribution >= 4 is 33.7 Å². The monoisotopic (exact) mass is 414 g/mol. The average molecular weight is 415 g/mol. The smallest absolute Gasteiger partial charge is 0.163 e. The number of rotatable bonds is 8. The van der Waals surface area contributed by atoms with Crippen LogP contribution in [0, 0.1) is 6.92 Å². The van der Waals surface area contributed by atoms with Gasteiger partial charge in [0.05, 0.1) is 38.1 Å². The van der Waals surface area contributed by atoms with E-state index in [1.54, 1.807) is 24.8 Å². The van der Waals surface area contributed by atoms with Gasteiger partial charge in [0.1, 0.15) is 12.1 Å². The molecule has 0 atom stereocenters. The van der Waals surface area contributed by atoms with Gasteiger partial charge in [-0.3, -0.25) is 4.90 Å². The first-order chi connectivity index (χ1) is 14.2. The minimum atomic E-state index is 0.628. The van der Waals surface area contributed by atoms with Gasteiger partial charge >= 0.3 is 0 Å². The molecule has 154 valence electrons. The molecule has 29 heavy (non-hydrogen) atoms. The number of nitrogens with zero attached hydrogens (tertiary/aromatic N) is 3.